The molecule has 2 fully saturated rings. The largest absolute Gasteiger partial charge is 0.493 e. The monoisotopic (exact) mass is 705 g/mol. The SMILES string of the molecule is C[C@H]1CCCN1Cc1nc2ccc(NC(=O)c3ccc(C(=O)NCCCCOc4cccc5c4C(=O)N(C4CCC(=O)NC4=O)C5=O)cc3)cc2[nH]1. The third-order valence-electron chi connectivity index (χ3n) is 9.79. The smallest absolute Gasteiger partial charge is 0.266 e. The number of carbonyl (C=O) groups excluding carboxylic acids is 6. The number of imidazole rings is 1. The number of nitrogens with one attached hydrogen (secondary N) is 4. The van der Waals surface area contributed by atoms with Gasteiger partial charge in [0.2, 0.25) is 11.8 Å². The van der Waals surface area contributed by atoms with Crippen LogP contribution in [0.2, 0.25) is 0 Å². The Labute approximate surface area is 299 Å². The lowest BCUT2D eigenvalue weighted by Gasteiger charge is -2.27. The lowest BCUT2D eigenvalue weighted by molar-refractivity contribution is -0.136. The van der Waals surface area contributed by atoms with Crippen LogP contribution in [0.15, 0.2) is 60.7 Å². The summed E-state index contributed by atoms with van der Waals surface area (Å²) in [5, 5.41) is 7.96. The van der Waals surface area contributed by atoms with Crippen molar-refractivity contribution in [3.63, 3.8) is 0 Å². The number of anilines is 1. The highest BCUT2D eigenvalue weighted by Crippen LogP contribution is 2.33. The lowest BCUT2D eigenvalue weighted by Crippen LogP contribution is -2.54. The number of unbranched alkanes of at least 4 members (excludes halogenated alkanes) is 1. The zero-order chi connectivity index (χ0) is 36.4. The number of hydrogen-bond donors (Lipinski definition) is 4. The Bertz CT molecular complexity index is 2080. The minimum atomic E-state index is -1.05. The molecule has 0 bridgehead atoms. The van der Waals surface area contributed by atoms with Gasteiger partial charge in [-0.1, -0.05) is 6.07 Å². The number of carbonyl (C=O) groups is 6. The lowest BCUT2D eigenvalue weighted by atomic mass is 10.0. The molecule has 0 aliphatic carbocycles. The van der Waals surface area contributed by atoms with Crippen LogP contribution in [0.4, 0.5) is 5.69 Å². The van der Waals surface area contributed by atoms with Gasteiger partial charge in [0.15, 0.2) is 0 Å². The molecule has 0 saturated carbocycles. The van der Waals surface area contributed by atoms with E-state index in [1.54, 1.807) is 36.4 Å². The number of likely N-dealkylation sites (tertiary alicyclic amines) is 1. The first kappa shape index (κ1) is 34.6. The molecule has 3 aliphatic heterocycles. The van der Waals surface area contributed by atoms with E-state index in [0.29, 0.717) is 42.2 Å². The second-order valence-corrected chi connectivity index (χ2v) is 13.3. The number of hydrogen-bond acceptors (Lipinski definition) is 9. The van der Waals surface area contributed by atoms with Crippen molar-refractivity contribution in [1.82, 2.24) is 30.4 Å². The van der Waals surface area contributed by atoms with Crippen LogP contribution >= 0.6 is 0 Å². The van der Waals surface area contributed by atoms with E-state index in [4.69, 9.17) is 9.72 Å². The first-order valence-electron chi connectivity index (χ1n) is 17.6. The fraction of sp³-hybridized carbons (Fsp3) is 0.342. The minimum Gasteiger partial charge on any atom is -0.493 e. The molecule has 4 aromatic rings. The van der Waals surface area contributed by atoms with Crippen LogP contribution in [0.5, 0.6) is 5.75 Å². The normalized spacial score (nSPS) is 18.8. The van der Waals surface area contributed by atoms with Gasteiger partial charge in [0, 0.05) is 35.8 Å². The van der Waals surface area contributed by atoms with Gasteiger partial charge in [-0.05, 0) is 100 Å². The van der Waals surface area contributed by atoms with Crippen molar-refractivity contribution in [2.45, 2.75) is 64.1 Å². The van der Waals surface area contributed by atoms with Gasteiger partial charge >= 0.3 is 0 Å². The Hall–Kier alpha value is -5.89. The summed E-state index contributed by atoms with van der Waals surface area (Å²) in [5.74, 6) is -1.78. The van der Waals surface area contributed by atoms with Crippen molar-refractivity contribution >= 4 is 52.2 Å². The van der Waals surface area contributed by atoms with E-state index in [2.05, 4.69) is 32.8 Å². The van der Waals surface area contributed by atoms with Crippen LogP contribution in [-0.4, -0.2) is 87.0 Å². The Morgan fingerprint density at radius 1 is 0.942 bits per heavy atom. The number of ether oxygens (including phenoxy) is 1. The summed E-state index contributed by atoms with van der Waals surface area (Å²) in [6.07, 6.45) is 3.64. The minimum absolute atomic E-state index is 0.0383. The Morgan fingerprint density at radius 3 is 2.48 bits per heavy atom. The van der Waals surface area contributed by atoms with Crippen LogP contribution in [0.25, 0.3) is 11.0 Å². The number of rotatable bonds is 12. The molecule has 7 rings (SSSR count). The molecule has 3 aliphatic rings. The average Bonchev–Trinajstić information content (AvgIpc) is 3.81. The number of benzene rings is 3. The van der Waals surface area contributed by atoms with E-state index in [1.165, 1.54) is 18.9 Å². The molecule has 3 aromatic carbocycles. The maximum atomic E-state index is 13.2. The third-order valence-corrected chi connectivity index (χ3v) is 9.79. The van der Waals surface area contributed by atoms with E-state index in [0.717, 1.165) is 34.8 Å². The molecule has 52 heavy (non-hydrogen) atoms. The summed E-state index contributed by atoms with van der Waals surface area (Å²) in [4.78, 5) is 87.2. The van der Waals surface area contributed by atoms with Crippen molar-refractivity contribution in [3.05, 3.63) is 88.7 Å². The molecule has 268 valence electrons. The Kier molecular flexibility index (Phi) is 9.81. The van der Waals surface area contributed by atoms with E-state index < -0.39 is 29.7 Å². The zero-order valence-electron chi connectivity index (χ0n) is 28.7. The fourth-order valence-corrected chi connectivity index (χ4v) is 6.93. The van der Waals surface area contributed by atoms with Crippen LogP contribution in [0.3, 0.4) is 0 Å². The highest BCUT2D eigenvalue weighted by Gasteiger charge is 2.46. The molecule has 4 heterocycles. The highest BCUT2D eigenvalue weighted by atomic mass is 16.5. The molecule has 1 unspecified atom stereocenters. The fourth-order valence-electron chi connectivity index (χ4n) is 6.93. The summed E-state index contributed by atoms with van der Waals surface area (Å²) in [6.45, 7) is 4.67. The van der Waals surface area contributed by atoms with Crippen molar-refractivity contribution in [2.75, 3.05) is 25.0 Å². The molecule has 0 spiro atoms. The molecule has 4 N–H and O–H groups in total. The first-order valence-corrected chi connectivity index (χ1v) is 17.6. The Balaban J connectivity index is 0.855. The number of nitrogens with zero attached hydrogens (tertiary/aromatic N) is 3. The van der Waals surface area contributed by atoms with Crippen LogP contribution < -0.4 is 20.7 Å². The summed E-state index contributed by atoms with van der Waals surface area (Å²) < 4.78 is 5.86. The molecule has 14 nitrogen and oxygen atoms in total. The first-order chi connectivity index (χ1) is 25.2. The van der Waals surface area contributed by atoms with Crippen molar-refractivity contribution in [3.8, 4) is 5.75 Å². The zero-order valence-corrected chi connectivity index (χ0v) is 28.7. The molecular weight excluding hydrogens is 666 g/mol. The maximum absolute atomic E-state index is 13.2. The number of imide groups is 2. The number of fused-ring (bicyclic) bond motifs is 2. The molecular formula is C38H39N7O7. The number of H-pyrrole nitrogens is 1. The summed E-state index contributed by atoms with van der Waals surface area (Å²) in [6, 6.07) is 16.2. The molecule has 14 heteroatoms. The molecule has 6 amide bonds. The van der Waals surface area contributed by atoms with Gasteiger partial charge < -0.3 is 20.4 Å². The van der Waals surface area contributed by atoms with Crippen molar-refractivity contribution < 1.29 is 33.5 Å². The topological polar surface area (TPSA) is 183 Å². The molecule has 1 aromatic heterocycles. The number of piperidine rings is 1. The average molecular weight is 706 g/mol. The van der Waals surface area contributed by atoms with Crippen LogP contribution in [0.1, 0.15) is 92.7 Å². The van der Waals surface area contributed by atoms with E-state index in [1.807, 2.05) is 18.2 Å². The predicted octanol–water partition coefficient (Wildman–Crippen LogP) is 3.79. The number of amides is 6. The summed E-state index contributed by atoms with van der Waals surface area (Å²) >= 11 is 0. The van der Waals surface area contributed by atoms with Gasteiger partial charge in [0.25, 0.3) is 23.6 Å². The second-order valence-electron chi connectivity index (χ2n) is 13.3. The Morgan fingerprint density at radius 2 is 1.73 bits per heavy atom. The summed E-state index contributed by atoms with van der Waals surface area (Å²) in [5.41, 5.74) is 3.40. The van der Waals surface area contributed by atoms with E-state index in [-0.39, 0.29) is 48.1 Å². The van der Waals surface area contributed by atoms with E-state index in [9.17, 15) is 28.8 Å². The van der Waals surface area contributed by atoms with Crippen molar-refractivity contribution in [2.24, 2.45) is 0 Å². The van der Waals surface area contributed by atoms with E-state index >= 15 is 0 Å². The molecule has 2 atom stereocenters. The van der Waals surface area contributed by atoms with Gasteiger partial charge in [-0.3, -0.25) is 43.9 Å². The molecule has 2 saturated heterocycles. The second kappa shape index (κ2) is 14.8. The van der Waals surface area contributed by atoms with Crippen LogP contribution in [-0.2, 0) is 16.1 Å². The van der Waals surface area contributed by atoms with Gasteiger partial charge in [-0.15, -0.1) is 0 Å². The van der Waals surface area contributed by atoms with Crippen molar-refractivity contribution in [1.29, 1.82) is 0 Å². The van der Waals surface area contributed by atoms with Gasteiger partial charge in [0.1, 0.15) is 17.6 Å². The van der Waals surface area contributed by atoms with Gasteiger partial charge in [-0.2, -0.15) is 0 Å². The van der Waals surface area contributed by atoms with Gasteiger partial charge in [-0.25, -0.2) is 4.98 Å². The quantitative estimate of drug-likeness (QED) is 0.126. The maximum Gasteiger partial charge on any atom is 0.266 e. The third kappa shape index (κ3) is 7.15. The van der Waals surface area contributed by atoms with Crippen LogP contribution in [0, 0.1) is 0 Å². The standard InChI is InChI=1S/C38H39N7O7/c1-22-6-5-18-44(22)21-31-41-27-14-13-25(20-28(27)42-31)40-35(48)24-11-9-23(10-12-24)34(47)39-17-2-3-19-52-30-8-4-7-26-33(30)38(51)45(37(26)50)29-15-16-32(46)43-36(29)49/h4,7-14,20,22,29H,2-3,5-6,15-19,21H2,1H3,(H,39,47)(H,40,48)(H,41,42)(H,43,46,49)/t22-,29?/m0/s1. The summed E-state index contributed by atoms with van der Waals surface area (Å²) in [7, 11) is 0. The number of aromatic nitrogens is 2. The highest BCUT2D eigenvalue weighted by molar-refractivity contribution is 6.24. The van der Waals surface area contributed by atoms with Gasteiger partial charge in [0.05, 0.1) is 35.3 Å². The predicted molar refractivity (Wildman–Crippen MR) is 190 cm³/mol. The molecule has 0 radical (unpaired) electrons. The number of aromatic amines is 1.